The average molecular weight is 299 g/mol. The summed E-state index contributed by atoms with van der Waals surface area (Å²) in [5.74, 6) is -0.346. The fraction of sp³-hybridized carbons (Fsp3) is 0.667. The standard InChI is InChI=1S/C12H21N5O4/c1-9(11(18)13-6-5-7-15(2)3)16-8-10(17(19)20)12(14-16)21-4/h8-9H,5-7H2,1-4H3,(H,13,18). The summed E-state index contributed by atoms with van der Waals surface area (Å²) in [6.07, 6.45) is 2.02. The first-order chi connectivity index (χ1) is 9.86. The van der Waals surface area contributed by atoms with E-state index in [1.807, 2.05) is 19.0 Å². The Hall–Kier alpha value is -2.16. The SMILES string of the molecule is COc1nn(C(C)C(=O)NCCCN(C)C)cc1[N+](=O)[O-]. The number of nitro groups is 1. The van der Waals surface area contributed by atoms with Crippen molar-refractivity contribution in [3.05, 3.63) is 16.3 Å². The molecule has 0 bridgehead atoms. The van der Waals surface area contributed by atoms with Gasteiger partial charge >= 0.3 is 11.6 Å². The number of rotatable bonds is 8. The second-order valence-electron chi connectivity index (χ2n) is 4.88. The van der Waals surface area contributed by atoms with Gasteiger partial charge in [-0.15, -0.1) is 5.10 Å². The lowest BCUT2D eigenvalue weighted by Crippen LogP contribution is -2.33. The Labute approximate surface area is 123 Å². The van der Waals surface area contributed by atoms with Gasteiger partial charge in [0.25, 0.3) is 0 Å². The van der Waals surface area contributed by atoms with Crippen LogP contribution in [0.2, 0.25) is 0 Å². The van der Waals surface area contributed by atoms with Crippen LogP contribution < -0.4 is 10.1 Å². The van der Waals surface area contributed by atoms with E-state index in [2.05, 4.69) is 10.4 Å². The van der Waals surface area contributed by atoms with Gasteiger partial charge in [0, 0.05) is 6.54 Å². The van der Waals surface area contributed by atoms with Gasteiger partial charge in [0.15, 0.2) is 0 Å². The normalized spacial score (nSPS) is 12.2. The molecule has 1 heterocycles. The molecule has 0 radical (unpaired) electrons. The minimum atomic E-state index is -0.646. The molecule has 1 unspecified atom stereocenters. The number of carbonyl (C=O) groups excluding carboxylic acids is 1. The summed E-state index contributed by atoms with van der Waals surface area (Å²) in [4.78, 5) is 24.2. The predicted octanol–water partition coefficient (Wildman–Crippen LogP) is 0.429. The lowest BCUT2D eigenvalue weighted by molar-refractivity contribution is -0.385. The van der Waals surface area contributed by atoms with Crippen molar-refractivity contribution in [2.75, 3.05) is 34.3 Å². The van der Waals surface area contributed by atoms with Crippen LogP contribution in [0.25, 0.3) is 0 Å². The largest absolute Gasteiger partial charge is 0.475 e. The maximum absolute atomic E-state index is 12.0. The molecule has 1 aromatic heterocycles. The van der Waals surface area contributed by atoms with Crippen LogP contribution in [-0.4, -0.2) is 59.8 Å². The highest BCUT2D eigenvalue weighted by atomic mass is 16.6. The molecule has 0 aromatic carbocycles. The second kappa shape index (κ2) is 7.58. The van der Waals surface area contributed by atoms with E-state index in [1.54, 1.807) is 6.92 Å². The summed E-state index contributed by atoms with van der Waals surface area (Å²) in [6, 6.07) is -0.646. The van der Waals surface area contributed by atoms with Crippen molar-refractivity contribution in [1.82, 2.24) is 20.0 Å². The van der Waals surface area contributed by atoms with Crippen LogP contribution in [0.1, 0.15) is 19.4 Å². The molecular formula is C12H21N5O4. The van der Waals surface area contributed by atoms with Crippen molar-refractivity contribution in [2.24, 2.45) is 0 Å². The maximum Gasteiger partial charge on any atom is 0.350 e. The van der Waals surface area contributed by atoms with Crippen molar-refractivity contribution < 1.29 is 14.5 Å². The van der Waals surface area contributed by atoms with Gasteiger partial charge in [-0.25, -0.2) is 4.68 Å². The third-order valence-corrected chi connectivity index (χ3v) is 2.93. The van der Waals surface area contributed by atoms with Gasteiger partial charge in [-0.1, -0.05) is 0 Å². The summed E-state index contributed by atoms with van der Waals surface area (Å²) < 4.78 is 6.07. The van der Waals surface area contributed by atoms with Gasteiger partial charge in [-0.2, -0.15) is 0 Å². The van der Waals surface area contributed by atoms with E-state index in [1.165, 1.54) is 18.0 Å². The third-order valence-electron chi connectivity index (χ3n) is 2.93. The molecule has 0 aliphatic carbocycles. The molecule has 1 aromatic rings. The number of nitrogens with zero attached hydrogens (tertiary/aromatic N) is 4. The molecule has 1 rings (SSSR count). The summed E-state index contributed by atoms with van der Waals surface area (Å²) in [5.41, 5.74) is -0.259. The Balaban J connectivity index is 2.63. The van der Waals surface area contributed by atoms with Crippen molar-refractivity contribution in [2.45, 2.75) is 19.4 Å². The number of ether oxygens (including phenoxy) is 1. The number of nitrogens with one attached hydrogen (secondary N) is 1. The van der Waals surface area contributed by atoms with Gasteiger partial charge in [0.05, 0.1) is 12.0 Å². The molecule has 0 saturated carbocycles. The highest BCUT2D eigenvalue weighted by Gasteiger charge is 2.24. The molecule has 1 amide bonds. The minimum Gasteiger partial charge on any atom is -0.475 e. The Morgan fingerprint density at radius 3 is 2.76 bits per heavy atom. The molecule has 9 nitrogen and oxygen atoms in total. The average Bonchev–Trinajstić information content (AvgIpc) is 2.86. The van der Waals surface area contributed by atoms with E-state index in [9.17, 15) is 14.9 Å². The lowest BCUT2D eigenvalue weighted by Gasteiger charge is -2.13. The van der Waals surface area contributed by atoms with Crippen LogP contribution in [0.4, 0.5) is 5.69 Å². The first kappa shape index (κ1) is 16.9. The van der Waals surface area contributed by atoms with E-state index < -0.39 is 11.0 Å². The minimum absolute atomic E-state index is 0.104. The Kier molecular flexibility index (Phi) is 6.10. The molecule has 0 fully saturated rings. The van der Waals surface area contributed by atoms with E-state index in [4.69, 9.17) is 4.74 Å². The number of aromatic nitrogens is 2. The first-order valence-corrected chi connectivity index (χ1v) is 6.56. The van der Waals surface area contributed by atoms with E-state index in [-0.39, 0.29) is 17.5 Å². The zero-order chi connectivity index (χ0) is 16.0. The van der Waals surface area contributed by atoms with Gasteiger partial charge in [0.2, 0.25) is 5.91 Å². The predicted molar refractivity (Wildman–Crippen MR) is 76.3 cm³/mol. The quantitative estimate of drug-likeness (QED) is 0.424. The van der Waals surface area contributed by atoms with Crippen molar-refractivity contribution in [3.63, 3.8) is 0 Å². The molecule has 0 aliphatic rings. The molecule has 1 atom stereocenters. The van der Waals surface area contributed by atoms with Crippen molar-refractivity contribution >= 4 is 11.6 Å². The number of amides is 1. The third kappa shape index (κ3) is 4.71. The summed E-state index contributed by atoms with van der Waals surface area (Å²) in [7, 11) is 5.21. The van der Waals surface area contributed by atoms with Crippen LogP contribution in [0, 0.1) is 10.1 Å². The highest BCUT2D eigenvalue weighted by molar-refractivity contribution is 5.79. The number of hydrogen-bond donors (Lipinski definition) is 1. The van der Waals surface area contributed by atoms with Gasteiger partial charge < -0.3 is 15.0 Å². The van der Waals surface area contributed by atoms with E-state index >= 15 is 0 Å². The monoisotopic (exact) mass is 299 g/mol. The van der Waals surface area contributed by atoms with Gasteiger partial charge in [-0.3, -0.25) is 14.9 Å². The Bertz CT molecular complexity index is 500. The van der Waals surface area contributed by atoms with Gasteiger partial charge in [-0.05, 0) is 34.0 Å². The summed E-state index contributed by atoms with van der Waals surface area (Å²) in [5, 5.41) is 17.5. The highest BCUT2D eigenvalue weighted by Crippen LogP contribution is 2.25. The van der Waals surface area contributed by atoms with Crippen LogP contribution >= 0.6 is 0 Å². The molecule has 1 N–H and O–H groups in total. The maximum atomic E-state index is 12.0. The molecule has 9 heteroatoms. The smallest absolute Gasteiger partial charge is 0.350 e. The van der Waals surface area contributed by atoms with Crippen molar-refractivity contribution in [1.29, 1.82) is 0 Å². The van der Waals surface area contributed by atoms with Crippen LogP contribution in [0.15, 0.2) is 6.20 Å². The lowest BCUT2D eigenvalue weighted by atomic mass is 10.3. The molecule has 21 heavy (non-hydrogen) atoms. The van der Waals surface area contributed by atoms with E-state index in [0.29, 0.717) is 6.54 Å². The topological polar surface area (TPSA) is 103 Å². The number of methoxy groups -OCH3 is 1. The molecule has 0 aliphatic heterocycles. The van der Waals surface area contributed by atoms with E-state index in [0.717, 1.165) is 13.0 Å². The van der Waals surface area contributed by atoms with Crippen LogP contribution in [0.5, 0.6) is 5.88 Å². The number of hydrogen-bond acceptors (Lipinski definition) is 6. The zero-order valence-corrected chi connectivity index (χ0v) is 12.7. The fourth-order valence-electron chi connectivity index (χ4n) is 1.71. The summed E-state index contributed by atoms with van der Waals surface area (Å²) in [6.45, 7) is 3.04. The fourth-order valence-corrected chi connectivity index (χ4v) is 1.71. The van der Waals surface area contributed by atoms with Crippen LogP contribution in [-0.2, 0) is 4.79 Å². The zero-order valence-electron chi connectivity index (χ0n) is 12.7. The Morgan fingerprint density at radius 2 is 2.29 bits per heavy atom. The molecular weight excluding hydrogens is 278 g/mol. The van der Waals surface area contributed by atoms with Gasteiger partial charge in [0.1, 0.15) is 12.2 Å². The Morgan fingerprint density at radius 1 is 1.62 bits per heavy atom. The van der Waals surface area contributed by atoms with Crippen molar-refractivity contribution in [3.8, 4) is 5.88 Å². The summed E-state index contributed by atoms with van der Waals surface area (Å²) >= 11 is 0. The van der Waals surface area contributed by atoms with Crippen LogP contribution in [0.3, 0.4) is 0 Å². The number of carbonyl (C=O) groups is 1. The molecule has 0 saturated heterocycles. The molecule has 0 spiro atoms. The second-order valence-corrected chi connectivity index (χ2v) is 4.88. The molecule has 118 valence electrons. The first-order valence-electron chi connectivity index (χ1n) is 6.56.